The van der Waals surface area contributed by atoms with Crippen LogP contribution in [0, 0.1) is 0 Å². The lowest BCUT2D eigenvalue weighted by Gasteiger charge is -2.33. The van der Waals surface area contributed by atoms with E-state index in [2.05, 4.69) is 5.32 Å². The topological polar surface area (TPSA) is 93.9 Å². The van der Waals surface area contributed by atoms with E-state index in [9.17, 15) is 9.59 Å². The molecular formula is C21H24ClN3O4. The Morgan fingerprint density at radius 1 is 1.34 bits per heavy atom. The molecule has 1 aliphatic heterocycles. The molecule has 0 aliphatic carbocycles. The first-order valence-corrected chi connectivity index (χ1v) is 9.79. The number of anilines is 1. The van der Waals surface area contributed by atoms with Crippen molar-refractivity contribution in [3.63, 3.8) is 0 Å². The van der Waals surface area contributed by atoms with Crippen molar-refractivity contribution in [2.24, 2.45) is 0 Å². The van der Waals surface area contributed by atoms with Crippen LogP contribution in [0.1, 0.15) is 22.8 Å². The van der Waals surface area contributed by atoms with Gasteiger partial charge in [-0.05, 0) is 18.6 Å². The van der Waals surface area contributed by atoms with Crippen molar-refractivity contribution in [2.45, 2.75) is 19.6 Å². The summed E-state index contributed by atoms with van der Waals surface area (Å²) >= 11 is 6.06. The highest BCUT2D eigenvalue weighted by molar-refractivity contribution is 6.33. The van der Waals surface area contributed by atoms with Crippen LogP contribution >= 0.6 is 11.6 Å². The van der Waals surface area contributed by atoms with Crippen LogP contribution in [0.3, 0.4) is 0 Å². The van der Waals surface area contributed by atoms with Gasteiger partial charge < -0.3 is 25.4 Å². The number of carbonyl (C=O) groups is 2. The summed E-state index contributed by atoms with van der Waals surface area (Å²) in [7, 11) is 0. The molecule has 0 spiro atoms. The zero-order valence-electron chi connectivity index (χ0n) is 16.2. The standard InChI is InChI=1S/C21H24ClN3O4/c1-2-28-19-9-18(23)17(22)8-16(19)21(27)24-10-15-12-25(20(26)13-29-15)11-14-6-4-3-5-7-14/h3-9,15H,2,10-13,23H2,1H3,(H,24,27). The maximum absolute atomic E-state index is 12.7. The van der Waals surface area contributed by atoms with Gasteiger partial charge in [-0.1, -0.05) is 41.9 Å². The molecule has 8 heteroatoms. The Kier molecular flexibility index (Phi) is 6.95. The SMILES string of the molecule is CCOc1cc(N)c(Cl)cc1C(=O)NCC1CN(Cc2ccccc2)C(=O)CO1. The van der Waals surface area contributed by atoms with Crippen LogP contribution in [0.15, 0.2) is 42.5 Å². The van der Waals surface area contributed by atoms with Gasteiger partial charge in [0.05, 0.1) is 29.0 Å². The molecule has 1 aliphatic rings. The van der Waals surface area contributed by atoms with E-state index in [-0.39, 0.29) is 36.1 Å². The average molecular weight is 418 g/mol. The maximum Gasteiger partial charge on any atom is 0.255 e. The van der Waals surface area contributed by atoms with Crippen LogP contribution in [-0.2, 0) is 16.1 Å². The number of carbonyl (C=O) groups excluding carboxylic acids is 2. The van der Waals surface area contributed by atoms with E-state index in [4.69, 9.17) is 26.8 Å². The minimum atomic E-state index is -0.342. The zero-order valence-corrected chi connectivity index (χ0v) is 16.9. The number of nitrogens with zero attached hydrogens (tertiary/aromatic N) is 1. The van der Waals surface area contributed by atoms with Gasteiger partial charge in [-0.25, -0.2) is 0 Å². The van der Waals surface area contributed by atoms with Gasteiger partial charge in [-0.2, -0.15) is 0 Å². The largest absolute Gasteiger partial charge is 0.493 e. The van der Waals surface area contributed by atoms with Crippen molar-refractivity contribution in [3.8, 4) is 5.75 Å². The van der Waals surface area contributed by atoms with E-state index in [0.717, 1.165) is 5.56 Å². The summed E-state index contributed by atoms with van der Waals surface area (Å²) in [6.07, 6.45) is -0.305. The van der Waals surface area contributed by atoms with Gasteiger partial charge in [-0.15, -0.1) is 0 Å². The molecule has 2 aromatic carbocycles. The van der Waals surface area contributed by atoms with E-state index < -0.39 is 0 Å². The number of hydrogen-bond donors (Lipinski definition) is 2. The Labute approximate surface area is 174 Å². The highest BCUT2D eigenvalue weighted by Gasteiger charge is 2.27. The summed E-state index contributed by atoms with van der Waals surface area (Å²) in [5, 5.41) is 3.12. The second kappa shape index (κ2) is 9.62. The molecule has 0 bridgehead atoms. The molecular weight excluding hydrogens is 394 g/mol. The smallest absolute Gasteiger partial charge is 0.255 e. The zero-order chi connectivity index (χ0) is 20.8. The quantitative estimate of drug-likeness (QED) is 0.675. The van der Waals surface area contributed by atoms with Crippen molar-refractivity contribution < 1.29 is 19.1 Å². The first-order chi connectivity index (χ1) is 14.0. The summed E-state index contributed by atoms with van der Waals surface area (Å²) in [5.41, 5.74) is 7.50. The fraction of sp³-hybridized carbons (Fsp3) is 0.333. The fourth-order valence-corrected chi connectivity index (χ4v) is 3.25. The second-order valence-electron chi connectivity index (χ2n) is 6.71. The van der Waals surface area contributed by atoms with Gasteiger partial charge in [0.15, 0.2) is 0 Å². The van der Waals surface area contributed by atoms with Crippen molar-refractivity contribution in [2.75, 3.05) is 32.0 Å². The third-order valence-corrected chi connectivity index (χ3v) is 4.90. The molecule has 2 amide bonds. The molecule has 3 rings (SSSR count). The minimum Gasteiger partial charge on any atom is -0.493 e. The van der Waals surface area contributed by atoms with Gasteiger partial charge in [0, 0.05) is 25.7 Å². The number of nitrogens with two attached hydrogens (primary N) is 1. The van der Waals surface area contributed by atoms with E-state index in [1.165, 1.54) is 12.1 Å². The summed E-state index contributed by atoms with van der Waals surface area (Å²) in [6, 6.07) is 12.8. The van der Waals surface area contributed by atoms with Crippen LogP contribution in [0.25, 0.3) is 0 Å². The third kappa shape index (κ3) is 5.40. The molecule has 0 radical (unpaired) electrons. The molecule has 3 N–H and O–H groups in total. The lowest BCUT2D eigenvalue weighted by Crippen LogP contribution is -2.50. The predicted octanol–water partition coefficient (Wildman–Crippen LogP) is 2.48. The molecule has 0 saturated carbocycles. The van der Waals surface area contributed by atoms with Gasteiger partial charge in [0.25, 0.3) is 5.91 Å². The number of halogens is 1. The van der Waals surface area contributed by atoms with Crippen LogP contribution in [0.5, 0.6) is 5.75 Å². The van der Waals surface area contributed by atoms with Crippen LogP contribution < -0.4 is 15.8 Å². The summed E-state index contributed by atoms with van der Waals surface area (Å²) in [4.78, 5) is 26.6. The minimum absolute atomic E-state index is 0.00867. The number of hydrogen-bond acceptors (Lipinski definition) is 5. The third-order valence-electron chi connectivity index (χ3n) is 4.57. The highest BCUT2D eigenvalue weighted by atomic mass is 35.5. The van der Waals surface area contributed by atoms with Gasteiger partial charge in [0.1, 0.15) is 12.4 Å². The fourth-order valence-electron chi connectivity index (χ4n) is 3.08. The molecule has 29 heavy (non-hydrogen) atoms. The number of benzene rings is 2. The highest BCUT2D eigenvalue weighted by Crippen LogP contribution is 2.29. The van der Waals surface area contributed by atoms with Gasteiger partial charge in [0.2, 0.25) is 5.91 Å². The molecule has 1 fully saturated rings. The van der Waals surface area contributed by atoms with E-state index in [0.29, 0.717) is 36.7 Å². The Balaban J connectivity index is 1.61. The first kappa shape index (κ1) is 21.0. The van der Waals surface area contributed by atoms with Gasteiger partial charge in [-0.3, -0.25) is 9.59 Å². The molecule has 2 aromatic rings. The van der Waals surface area contributed by atoms with Crippen molar-refractivity contribution >= 4 is 29.1 Å². The Hall–Kier alpha value is -2.77. The molecule has 1 atom stereocenters. The molecule has 7 nitrogen and oxygen atoms in total. The Morgan fingerprint density at radius 3 is 2.83 bits per heavy atom. The van der Waals surface area contributed by atoms with Crippen LogP contribution in [0.4, 0.5) is 5.69 Å². The van der Waals surface area contributed by atoms with E-state index in [1.807, 2.05) is 37.3 Å². The number of rotatable bonds is 7. The predicted molar refractivity (Wildman–Crippen MR) is 111 cm³/mol. The number of amides is 2. The summed E-state index contributed by atoms with van der Waals surface area (Å²) in [6.45, 7) is 3.37. The first-order valence-electron chi connectivity index (χ1n) is 9.41. The summed E-state index contributed by atoms with van der Waals surface area (Å²) in [5.74, 6) is -0.0387. The lowest BCUT2D eigenvalue weighted by atomic mass is 10.1. The molecule has 1 heterocycles. The molecule has 154 valence electrons. The monoisotopic (exact) mass is 417 g/mol. The number of nitrogens with one attached hydrogen (secondary N) is 1. The van der Waals surface area contributed by atoms with Crippen LogP contribution in [-0.4, -0.2) is 49.1 Å². The van der Waals surface area contributed by atoms with E-state index in [1.54, 1.807) is 4.90 Å². The lowest BCUT2D eigenvalue weighted by molar-refractivity contribution is -0.149. The van der Waals surface area contributed by atoms with Crippen molar-refractivity contribution in [1.82, 2.24) is 10.2 Å². The normalized spacial score (nSPS) is 16.6. The number of morpholine rings is 1. The Morgan fingerprint density at radius 2 is 2.10 bits per heavy atom. The number of nitrogen functional groups attached to an aromatic ring is 1. The average Bonchev–Trinajstić information content (AvgIpc) is 2.72. The van der Waals surface area contributed by atoms with Crippen LogP contribution in [0.2, 0.25) is 5.02 Å². The van der Waals surface area contributed by atoms with Gasteiger partial charge >= 0.3 is 0 Å². The Bertz CT molecular complexity index is 876. The van der Waals surface area contributed by atoms with E-state index >= 15 is 0 Å². The molecule has 0 aromatic heterocycles. The number of ether oxygens (including phenoxy) is 2. The molecule has 1 saturated heterocycles. The maximum atomic E-state index is 12.7. The molecule has 1 unspecified atom stereocenters. The summed E-state index contributed by atoms with van der Waals surface area (Å²) < 4.78 is 11.1. The van der Waals surface area contributed by atoms with Crippen molar-refractivity contribution in [3.05, 3.63) is 58.6 Å². The second-order valence-corrected chi connectivity index (χ2v) is 7.11. The van der Waals surface area contributed by atoms with Crippen molar-refractivity contribution in [1.29, 1.82) is 0 Å².